The molecule has 0 saturated carbocycles. The van der Waals surface area contributed by atoms with Gasteiger partial charge in [-0.1, -0.05) is 79.2 Å². The summed E-state index contributed by atoms with van der Waals surface area (Å²) in [7, 11) is 1.92. The molecule has 4 rings (SSSR count). The van der Waals surface area contributed by atoms with Crippen molar-refractivity contribution in [1.82, 2.24) is 25.0 Å². The Morgan fingerprint density at radius 3 is 2.39 bits per heavy atom. The van der Waals surface area contributed by atoms with Crippen LogP contribution in [-0.4, -0.2) is 34.5 Å². The van der Waals surface area contributed by atoms with Crippen LogP contribution in [0.15, 0.2) is 55.4 Å². The molecule has 44 heavy (non-hydrogen) atoms. The maximum Gasteiger partial charge on any atom is 0.140 e. The zero-order valence-electron chi connectivity index (χ0n) is 28.4. The van der Waals surface area contributed by atoms with Gasteiger partial charge in [-0.25, -0.2) is 14.4 Å². The normalized spacial score (nSPS) is 11.3. The highest BCUT2D eigenvalue weighted by atomic mass is 19.1. The number of rotatable bonds is 13. The fraction of sp³-hybridized carbons (Fsp3) is 0.459. The van der Waals surface area contributed by atoms with Crippen molar-refractivity contribution in [1.29, 1.82) is 0 Å². The molecule has 0 amide bonds. The summed E-state index contributed by atoms with van der Waals surface area (Å²) in [5.41, 5.74) is 7.81. The van der Waals surface area contributed by atoms with Crippen molar-refractivity contribution in [3.8, 4) is 11.3 Å². The van der Waals surface area contributed by atoms with E-state index >= 15 is 0 Å². The van der Waals surface area contributed by atoms with Crippen LogP contribution in [0.3, 0.4) is 0 Å². The molecule has 1 atom stereocenters. The molecule has 0 bridgehead atoms. The highest BCUT2D eigenvalue weighted by Crippen LogP contribution is 2.34. The number of aryl methyl sites for hydroxylation is 1. The molecule has 0 saturated heterocycles. The Hall–Kier alpha value is -3.55. The molecule has 3 heterocycles. The van der Waals surface area contributed by atoms with Gasteiger partial charge in [0, 0.05) is 41.3 Å². The molecule has 3 aromatic heterocycles. The van der Waals surface area contributed by atoms with E-state index in [1.165, 1.54) is 56.5 Å². The summed E-state index contributed by atoms with van der Waals surface area (Å²) in [6, 6.07) is 11.2. The monoisotopic (exact) mass is 602 g/mol. The first-order chi connectivity index (χ1) is 21.3. The van der Waals surface area contributed by atoms with Crippen molar-refractivity contribution in [3.05, 3.63) is 83.6 Å². The fourth-order valence-electron chi connectivity index (χ4n) is 4.89. The Labute approximate surface area is 265 Å². The molecule has 0 aliphatic heterocycles. The highest BCUT2D eigenvalue weighted by Gasteiger charge is 2.17. The standard InChI is InChI=1S/C27H30FN5.C7H17N.C3H8/c1-6-17(3)21-9-11-26(31-18(21)4)32-24-10-8-22(23(15-29-5)20(24)7-2)25-16-30-27-14-19(28)12-13-33(25)27;1-3-5-7-8-6-4-2;1-3-2/h7-14,16-17,29H,2,6,15H2,1,3-5H3,(H,31,32);8H,3-7H2,1-2H3;3H2,1-2H3. The van der Waals surface area contributed by atoms with Crippen LogP contribution in [-0.2, 0) is 6.54 Å². The van der Waals surface area contributed by atoms with Gasteiger partial charge in [-0.15, -0.1) is 0 Å². The molecule has 0 spiro atoms. The average Bonchev–Trinajstić information content (AvgIpc) is 3.43. The second-order valence-corrected chi connectivity index (χ2v) is 11.1. The van der Waals surface area contributed by atoms with Gasteiger partial charge in [0.15, 0.2) is 0 Å². The second kappa shape index (κ2) is 19.7. The summed E-state index contributed by atoms with van der Waals surface area (Å²) in [5, 5.41) is 10.1. The first-order valence-corrected chi connectivity index (χ1v) is 16.3. The minimum absolute atomic E-state index is 0.302. The highest BCUT2D eigenvalue weighted by molar-refractivity contribution is 5.81. The molecule has 4 aromatic rings. The van der Waals surface area contributed by atoms with Crippen molar-refractivity contribution in [2.45, 2.75) is 93.0 Å². The first kappa shape index (κ1) is 36.6. The number of halogens is 1. The Morgan fingerprint density at radius 2 is 1.77 bits per heavy atom. The summed E-state index contributed by atoms with van der Waals surface area (Å²) in [5.74, 6) is 0.982. The summed E-state index contributed by atoms with van der Waals surface area (Å²) in [6.45, 7) is 22.2. The number of benzene rings is 1. The molecule has 7 heteroatoms. The van der Waals surface area contributed by atoms with Crippen LogP contribution in [0.1, 0.15) is 102 Å². The SMILES string of the molecule is C=Cc1c(Nc2ccc(C(C)CC)c(C)n2)ccc(-c2cnc3cc(F)ccn23)c1CNC.CCC.CCCCNCCC. The lowest BCUT2D eigenvalue weighted by Crippen LogP contribution is -2.15. The lowest BCUT2D eigenvalue weighted by molar-refractivity contribution is 0.626. The third-order valence-corrected chi connectivity index (χ3v) is 7.33. The number of hydrogen-bond acceptors (Lipinski definition) is 5. The lowest BCUT2D eigenvalue weighted by Gasteiger charge is -2.19. The minimum Gasteiger partial charge on any atom is -0.340 e. The predicted molar refractivity (Wildman–Crippen MR) is 188 cm³/mol. The Kier molecular flexibility index (Phi) is 16.4. The number of anilines is 2. The van der Waals surface area contributed by atoms with Crippen molar-refractivity contribution >= 4 is 23.2 Å². The van der Waals surface area contributed by atoms with Crippen molar-refractivity contribution < 1.29 is 4.39 Å². The molecular formula is C37H55FN6. The fourth-order valence-corrected chi connectivity index (χ4v) is 4.89. The molecule has 1 aromatic carbocycles. The van der Waals surface area contributed by atoms with Crippen LogP contribution in [0, 0.1) is 12.7 Å². The maximum absolute atomic E-state index is 13.7. The van der Waals surface area contributed by atoms with Crippen LogP contribution in [0.5, 0.6) is 0 Å². The molecule has 0 aliphatic rings. The van der Waals surface area contributed by atoms with Gasteiger partial charge in [0.25, 0.3) is 0 Å². The van der Waals surface area contributed by atoms with E-state index in [0.717, 1.165) is 46.0 Å². The summed E-state index contributed by atoms with van der Waals surface area (Å²) >= 11 is 0. The van der Waals surface area contributed by atoms with Crippen molar-refractivity contribution in [2.24, 2.45) is 0 Å². The van der Waals surface area contributed by atoms with E-state index in [4.69, 9.17) is 4.98 Å². The minimum atomic E-state index is -0.302. The van der Waals surface area contributed by atoms with Crippen LogP contribution < -0.4 is 16.0 Å². The third kappa shape index (κ3) is 10.3. The number of nitrogens with one attached hydrogen (secondary N) is 3. The van der Waals surface area contributed by atoms with Gasteiger partial charge in [0.2, 0.25) is 0 Å². The quantitative estimate of drug-likeness (QED) is 0.133. The smallest absolute Gasteiger partial charge is 0.140 e. The Morgan fingerprint density at radius 1 is 1.02 bits per heavy atom. The van der Waals surface area contributed by atoms with Gasteiger partial charge in [-0.2, -0.15) is 0 Å². The molecule has 0 aliphatic carbocycles. The zero-order valence-corrected chi connectivity index (χ0v) is 28.4. The van der Waals surface area contributed by atoms with Crippen LogP contribution >= 0.6 is 0 Å². The number of pyridine rings is 2. The van der Waals surface area contributed by atoms with Gasteiger partial charge in [0.1, 0.15) is 17.3 Å². The van der Waals surface area contributed by atoms with E-state index in [-0.39, 0.29) is 5.82 Å². The molecular weight excluding hydrogens is 547 g/mol. The predicted octanol–water partition coefficient (Wildman–Crippen LogP) is 9.67. The van der Waals surface area contributed by atoms with E-state index < -0.39 is 0 Å². The van der Waals surface area contributed by atoms with Gasteiger partial charge < -0.3 is 16.0 Å². The number of unbranched alkanes of at least 4 members (excludes halogenated alkanes) is 1. The van der Waals surface area contributed by atoms with Gasteiger partial charge in [-0.05, 0) is 81.6 Å². The molecule has 0 fully saturated rings. The van der Waals surface area contributed by atoms with Crippen LogP contribution in [0.2, 0.25) is 0 Å². The number of imidazole rings is 1. The van der Waals surface area contributed by atoms with E-state index in [2.05, 4.69) is 88.1 Å². The van der Waals surface area contributed by atoms with Crippen molar-refractivity contribution in [2.75, 3.05) is 25.5 Å². The third-order valence-electron chi connectivity index (χ3n) is 7.33. The zero-order chi connectivity index (χ0) is 32.5. The van der Waals surface area contributed by atoms with Crippen LogP contribution in [0.25, 0.3) is 23.0 Å². The number of aromatic nitrogens is 3. The maximum atomic E-state index is 13.7. The van der Waals surface area contributed by atoms with Gasteiger partial charge in [0.05, 0.1) is 11.9 Å². The topological polar surface area (TPSA) is 66.3 Å². The van der Waals surface area contributed by atoms with Gasteiger partial charge >= 0.3 is 0 Å². The van der Waals surface area contributed by atoms with E-state index in [1.54, 1.807) is 12.4 Å². The molecule has 0 radical (unpaired) electrons. The van der Waals surface area contributed by atoms with E-state index in [0.29, 0.717) is 18.1 Å². The number of hydrogen-bond donors (Lipinski definition) is 3. The second-order valence-electron chi connectivity index (χ2n) is 11.1. The first-order valence-electron chi connectivity index (χ1n) is 16.3. The van der Waals surface area contributed by atoms with Gasteiger partial charge in [-0.3, -0.25) is 4.40 Å². The largest absolute Gasteiger partial charge is 0.340 e. The molecule has 6 nitrogen and oxygen atoms in total. The van der Waals surface area contributed by atoms with E-state index in [1.807, 2.05) is 29.7 Å². The lowest BCUT2D eigenvalue weighted by atomic mass is 9.96. The average molecular weight is 603 g/mol. The Balaban J connectivity index is 0.000000527. The molecule has 240 valence electrons. The summed E-state index contributed by atoms with van der Waals surface area (Å²) < 4.78 is 15.6. The summed E-state index contributed by atoms with van der Waals surface area (Å²) in [4.78, 5) is 9.19. The molecule has 1 unspecified atom stereocenters. The summed E-state index contributed by atoms with van der Waals surface area (Å²) in [6.07, 6.45) is 11.6. The van der Waals surface area contributed by atoms with Crippen molar-refractivity contribution in [3.63, 3.8) is 0 Å². The van der Waals surface area contributed by atoms with E-state index in [9.17, 15) is 4.39 Å². The number of fused-ring (bicyclic) bond motifs is 1. The Bertz CT molecular complexity index is 1420. The molecule has 3 N–H and O–H groups in total. The van der Waals surface area contributed by atoms with Crippen LogP contribution in [0.4, 0.5) is 15.9 Å². The number of nitrogens with zero attached hydrogens (tertiary/aromatic N) is 3.